The van der Waals surface area contributed by atoms with Crippen molar-refractivity contribution in [3.8, 4) is 0 Å². The Labute approximate surface area is 123 Å². The first kappa shape index (κ1) is 14.7. The highest BCUT2D eigenvalue weighted by molar-refractivity contribution is 7.12. The Morgan fingerprint density at radius 2 is 2.11 bits per heavy atom. The molecule has 0 saturated heterocycles. The second kappa shape index (κ2) is 7.20. The molecule has 0 spiro atoms. The van der Waals surface area contributed by atoms with Crippen LogP contribution in [0.2, 0.25) is 0 Å². The van der Waals surface area contributed by atoms with E-state index in [-0.39, 0.29) is 0 Å². The van der Waals surface area contributed by atoms with E-state index in [1.54, 1.807) is 11.3 Å². The lowest BCUT2D eigenvalue weighted by atomic mass is 10.2. The SMILES string of the molecule is Cc1sc(CNC(C)C)cc1COCc1cccs1. The number of nitrogens with one attached hydrogen (secondary N) is 1. The van der Waals surface area contributed by atoms with Crippen LogP contribution in [0.15, 0.2) is 23.6 Å². The molecule has 0 saturated carbocycles. The van der Waals surface area contributed by atoms with Gasteiger partial charge in [0.1, 0.15) is 0 Å². The number of hydrogen-bond donors (Lipinski definition) is 1. The van der Waals surface area contributed by atoms with Gasteiger partial charge in [-0.05, 0) is 30.0 Å². The van der Waals surface area contributed by atoms with Crippen LogP contribution in [0.25, 0.3) is 0 Å². The molecule has 0 unspecified atom stereocenters. The van der Waals surface area contributed by atoms with Crippen molar-refractivity contribution in [1.29, 1.82) is 0 Å². The number of hydrogen-bond acceptors (Lipinski definition) is 4. The molecule has 2 rings (SSSR count). The van der Waals surface area contributed by atoms with Crippen LogP contribution < -0.4 is 5.32 Å². The van der Waals surface area contributed by atoms with E-state index in [2.05, 4.69) is 49.7 Å². The van der Waals surface area contributed by atoms with E-state index in [9.17, 15) is 0 Å². The number of rotatable bonds is 7. The van der Waals surface area contributed by atoms with E-state index in [0.29, 0.717) is 19.3 Å². The van der Waals surface area contributed by atoms with E-state index in [4.69, 9.17) is 4.74 Å². The Hall–Kier alpha value is -0.680. The van der Waals surface area contributed by atoms with Gasteiger partial charge in [-0.15, -0.1) is 22.7 Å². The lowest BCUT2D eigenvalue weighted by molar-refractivity contribution is 0.109. The second-order valence-corrected chi connectivity index (χ2v) is 7.28. The molecule has 1 N–H and O–H groups in total. The summed E-state index contributed by atoms with van der Waals surface area (Å²) in [5.74, 6) is 0. The van der Waals surface area contributed by atoms with Gasteiger partial charge in [-0.2, -0.15) is 0 Å². The maximum atomic E-state index is 5.78. The van der Waals surface area contributed by atoms with Crippen LogP contribution >= 0.6 is 22.7 Å². The monoisotopic (exact) mass is 295 g/mol. The predicted molar refractivity (Wildman–Crippen MR) is 83.8 cm³/mol. The van der Waals surface area contributed by atoms with Crippen molar-refractivity contribution in [3.63, 3.8) is 0 Å². The highest BCUT2D eigenvalue weighted by Crippen LogP contribution is 2.23. The molecule has 0 bridgehead atoms. The molecule has 104 valence electrons. The summed E-state index contributed by atoms with van der Waals surface area (Å²) < 4.78 is 5.78. The molecular weight excluding hydrogens is 274 g/mol. The third kappa shape index (κ3) is 4.73. The minimum atomic E-state index is 0.529. The summed E-state index contributed by atoms with van der Waals surface area (Å²) in [5, 5.41) is 5.54. The zero-order valence-corrected chi connectivity index (χ0v) is 13.4. The van der Waals surface area contributed by atoms with Gasteiger partial charge in [0, 0.05) is 27.2 Å². The summed E-state index contributed by atoms with van der Waals surface area (Å²) >= 11 is 3.61. The van der Waals surface area contributed by atoms with Gasteiger partial charge >= 0.3 is 0 Å². The van der Waals surface area contributed by atoms with Crippen LogP contribution in [0.5, 0.6) is 0 Å². The molecule has 0 atom stereocenters. The Morgan fingerprint density at radius 1 is 1.26 bits per heavy atom. The molecule has 0 radical (unpaired) electrons. The molecule has 0 aliphatic carbocycles. The highest BCUT2D eigenvalue weighted by atomic mass is 32.1. The van der Waals surface area contributed by atoms with Gasteiger partial charge in [0.05, 0.1) is 13.2 Å². The minimum absolute atomic E-state index is 0.529. The summed E-state index contributed by atoms with van der Waals surface area (Å²) in [5.41, 5.74) is 1.32. The van der Waals surface area contributed by atoms with Gasteiger partial charge in [-0.3, -0.25) is 0 Å². The number of thiophene rings is 2. The van der Waals surface area contributed by atoms with Gasteiger partial charge in [-0.1, -0.05) is 19.9 Å². The van der Waals surface area contributed by atoms with Gasteiger partial charge in [0.25, 0.3) is 0 Å². The van der Waals surface area contributed by atoms with E-state index < -0.39 is 0 Å². The highest BCUT2D eigenvalue weighted by Gasteiger charge is 2.06. The summed E-state index contributed by atoms with van der Waals surface area (Å²) in [4.78, 5) is 4.04. The summed E-state index contributed by atoms with van der Waals surface area (Å²) in [7, 11) is 0. The predicted octanol–water partition coefficient (Wildman–Crippen LogP) is 4.33. The maximum absolute atomic E-state index is 5.78. The minimum Gasteiger partial charge on any atom is -0.371 e. The van der Waals surface area contributed by atoms with Crippen molar-refractivity contribution < 1.29 is 4.74 Å². The van der Waals surface area contributed by atoms with E-state index in [1.165, 1.54) is 20.2 Å². The Kier molecular flexibility index (Phi) is 5.58. The van der Waals surface area contributed by atoms with Gasteiger partial charge in [0.15, 0.2) is 0 Å². The van der Waals surface area contributed by atoms with Crippen LogP contribution in [-0.4, -0.2) is 6.04 Å². The summed E-state index contributed by atoms with van der Waals surface area (Å²) in [6, 6.07) is 6.97. The fourth-order valence-corrected chi connectivity index (χ4v) is 3.42. The Balaban J connectivity index is 1.82. The third-order valence-corrected chi connectivity index (χ3v) is 4.78. The lowest BCUT2D eigenvalue weighted by Crippen LogP contribution is -2.21. The topological polar surface area (TPSA) is 21.3 Å². The van der Waals surface area contributed by atoms with E-state index >= 15 is 0 Å². The molecule has 2 aromatic rings. The van der Waals surface area contributed by atoms with Crippen molar-refractivity contribution >= 4 is 22.7 Å². The number of ether oxygens (including phenoxy) is 1. The molecule has 0 fully saturated rings. The lowest BCUT2D eigenvalue weighted by Gasteiger charge is -2.05. The molecule has 4 heteroatoms. The molecule has 2 nitrogen and oxygen atoms in total. The average molecular weight is 295 g/mol. The van der Waals surface area contributed by atoms with Crippen molar-refractivity contribution in [2.75, 3.05) is 0 Å². The molecule has 2 heterocycles. The second-order valence-electron chi connectivity index (χ2n) is 4.90. The summed E-state index contributed by atoms with van der Waals surface area (Å²) in [6.45, 7) is 8.90. The molecule has 0 aliphatic rings. The molecule has 0 aromatic carbocycles. The summed E-state index contributed by atoms with van der Waals surface area (Å²) in [6.07, 6.45) is 0. The first-order chi connectivity index (χ1) is 9.15. The van der Waals surface area contributed by atoms with Crippen molar-refractivity contribution in [2.24, 2.45) is 0 Å². The Bertz CT molecular complexity index is 488. The van der Waals surface area contributed by atoms with E-state index in [0.717, 1.165) is 6.54 Å². The molecule has 19 heavy (non-hydrogen) atoms. The van der Waals surface area contributed by atoms with Crippen LogP contribution in [-0.2, 0) is 24.5 Å². The Morgan fingerprint density at radius 3 is 2.79 bits per heavy atom. The zero-order valence-electron chi connectivity index (χ0n) is 11.7. The van der Waals surface area contributed by atoms with Crippen molar-refractivity contribution in [1.82, 2.24) is 5.32 Å². The standard InChI is InChI=1S/C15H21NOS2/c1-11(2)16-8-15-7-13(12(3)19-15)9-17-10-14-5-4-6-18-14/h4-7,11,16H,8-10H2,1-3H3. The van der Waals surface area contributed by atoms with Crippen molar-refractivity contribution in [3.05, 3.63) is 43.8 Å². The normalized spacial score (nSPS) is 11.4. The fourth-order valence-electron chi connectivity index (χ4n) is 1.78. The van der Waals surface area contributed by atoms with E-state index in [1.807, 2.05) is 11.3 Å². The molecule has 0 aliphatic heterocycles. The smallest absolute Gasteiger partial charge is 0.0813 e. The average Bonchev–Trinajstić information content (AvgIpc) is 2.98. The van der Waals surface area contributed by atoms with Gasteiger partial charge in [-0.25, -0.2) is 0 Å². The first-order valence-corrected chi connectivity index (χ1v) is 8.26. The van der Waals surface area contributed by atoms with Crippen molar-refractivity contribution in [2.45, 2.75) is 46.6 Å². The zero-order chi connectivity index (χ0) is 13.7. The quantitative estimate of drug-likeness (QED) is 0.821. The van der Waals surface area contributed by atoms with Crippen LogP contribution in [0.3, 0.4) is 0 Å². The van der Waals surface area contributed by atoms with Crippen LogP contribution in [0, 0.1) is 6.92 Å². The maximum Gasteiger partial charge on any atom is 0.0813 e. The first-order valence-electron chi connectivity index (χ1n) is 6.57. The largest absolute Gasteiger partial charge is 0.371 e. The molecule has 2 aromatic heterocycles. The fraction of sp³-hybridized carbons (Fsp3) is 0.467. The molecular formula is C15H21NOS2. The van der Waals surface area contributed by atoms with Gasteiger partial charge < -0.3 is 10.1 Å². The number of aryl methyl sites for hydroxylation is 1. The van der Waals surface area contributed by atoms with Crippen LogP contribution in [0.4, 0.5) is 0 Å². The van der Waals surface area contributed by atoms with Gasteiger partial charge in [0.2, 0.25) is 0 Å². The molecule has 0 amide bonds. The van der Waals surface area contributed by atoms with Crippen LogP contribution in [0.1, 0.15) is 34.0 Å². The third-order valence-electron chi connectivity index (χ3n) is 2.84.